The Bertz CT molecular complexity index is 714. The van der Waals surface area contributed by atoms with Crippen molar-refractivity contribution in [3.8, 4) is 11.5 Å². The molecule has 0 aliphatic rings. The van der Waals surface area contributed by atoms with Gasteiger partial charge in [-0.1, -0.05) is 30.3 Å². The molecule has 0 amide bonds. The highest BCUT2D eigenvalue weighted by atomic mass is 32.2. The topological polar surface area (TPSA) is 67.4 Å². The summed E-state index contributed by atoms with van der Waals surface area (Å²) in [5.74, 6) is 0.931. The maximum atomic E-state index is 12.0. The molecule has 0 aliphatic heterocycles. The summed E-state index contributed by atoms with van der Waals surface area (Å²) in [5.41, 5.74) is 0.955. The van der Waals surface area contributed by atoms with E-state index < -0.39 is 10.0 Å². The van der Waals surface area contributed by atoms with Gasteiger partial charge in [0.1, 0.15) is 16.4 Å². The summed E-state index contributed by atoms with van der Waals surface area (Å²) in [7, 11) is -0.345. The van der Waals surface area contributed by atoms with E-state index in [0.29, 0.717) is 18.0 Å². The van der Waals surface area contributed by atoms with Gasteiger partial charge in [0.25, 0.3) is 0 Å². The fourth-order valence-electron chi connectivity index (χ4n) is 1.92. The van der Waals surface area contributed by atoms with Crippen molar-refractivity contribution in [3.63, 3.8) is 0 Å². The van der Waals surface area contributed by atoms with Crippen LogP contribution in [0.25, 0.3) is 0 Å². The van der Waals surface area contributed by atoms with Gasteiger partial charge in [-0.15, -0.1) is 0 Å². The third-order valence-corrected chi connectivity index (χ3v) is 4.42. The van der Waals surface area contributed by atoms with Crippen molar-refractivity contribution < 1.29 is 13.2 Å². The molecular formula is C15H18N2O3S. The number of rotatable bonds is 6. The first-order valence-corrected chi connectivity index (χ1v) is 7.99. The quantitative estimate of drug-likeness (QED) is 0.858. The van der Waals surface area contributed by atoms with Crippen molar-refractivity contribution in [2.24, 2.45) is 0 Å². The van der Waals surface area contributed by atoms with E-state index in [0.717, 1.165) is 5.56 Å². The summed E-state index contributed by atoms with van der Waals surface area (Å²) in [4.78, 5) is 0.117. The third-order valence-electron chi connectivity index (χ3n) is 2.97. The molecule has 2 rings (SSSR count). The SMILES string of the molecule is CNCc1ccccc1Oc1ccccc1S(=O)(=O)NC. The standard InChI is InChI=1S/C15H18N2O3S/c1-16-11-12-7-3-4-8-13(12)20-14-9-5-6-10-15(14)21(18,19)17-2/h3-10,16-17H,11H2,1-2H3. The third kappa shape index (κ3) is 3.60. The van der Waals surface area contributed by atoms with Crippen molar-refractivity contribution in [2.75, 3.05) is 14.1 Å². The molecule has 2 N–H and O–H groups in total. The predicted octanol–water partition coefficient (Wildman–Crippen LogP) is 2.11. The number of hydrogen-bond donors (Lipinski definition) is 2. The van der Waals surface area contributed by atoms with Crippen molar-refractivity contribution in [3.05, 3.63) is 54.1 Å². The van der Waals surface area contributed by atoms with Gasteiger partial charge in [-0.3, -0.25) is 0 Å². The Hall–Kier alpha value is -1.89. The molecule has 2 aromatic carbocycles. The van der Waals surface area contributed by atoms with Crippen LogP contribution in [0.5, 0.6) is 11.5 Å². The van der Waals surface area contributed by atoms with Crippen LogP contribution in [0.1, 0.15) is 5.56 Å². The van der Waals surface area contributed by atoms with E-state index in [1.54, 1.807) is 18.2 Å². The van der Waals surface area contributed by atoms with E-state index in [9.17, 15) is 8.42 Å². The van der Waals surface area contributed by atoms with Crippen LogP contribution < -0.4 is 14.8 Å². The number of ether oxygens (including phenoxy) is 1. The van der Waals surface area contributed by atoms with Crippen LogP contribution in [0.2, 0.25) is 0 Å². The maximum Gasteiger partial charge on any atom is 0.244 e. The first kappa shape index (κ1) is 15.5. The highest BCUT2D eigenvalue weighted by Crippen LogP contribution is 2.30. The molecule has 0 radical (unpaired) electrons. The minimum atomic E-state index is -3.56. The Morgan fingerprint density at radius 1 is 0.952 bits per heavy atom. The lowest BCUT2D eigenvalue weighted by molar-refractivity contribution is 0.459. The molecule has 0 fully saturated rings. The highest BCUT2D eigenvalue weighted by molar-refractivity contribution is 7.89. The van der Waals surface area contributed by atoms with Crippen LogP contribution in [0.15, 0.2) is 53.4 Å². The highest BCUT2D eigenvalue weighted by Gasteiger charge is 2.18. The lowest BCUT2D eigenvalue weighted by Gasteiger charge is -2.14. The van der Waals surface area contributed by atoms with Crippen molar-refractivity contribution in [2.45, 2.75) is 11.4 Å². The molecule has 112 valence electrons. The van der Waals surface area contributed by atoms with Gasteiger partial charge in [0, 0.05) is 12.1 Å². The first-order chi connectivity index (χ1) is 10.1. The molecule has 0 aromatic heterocycles. The summed E-state index contributed by atoms with van der Waals surface area (Å²) in [6, 6.07) is 14.1. The molecule has 0 spiro atoms. The Balaban J connectivity index is 2.42. The molecular weight excluding hydrogens is 288 g/mol. The van der Waals surface area contributed by atoms with E-state index >= 15 is 0 Å². The largest absolute Gasteiger partial charge is 0.456 e. The van der Waals surface area contributed by atoms with Gasteiger partial charge in [-0.05, 0) is 32.3 Å². The zero-order valence-electron chi connectivity index (χ0n) is 12.0. The van der Waals surface area contributed by atoms with Gasteiger partial charge >= 0.3 is 0 Å². The average molecular weight is 306 g/mol. The molecule has 6 heteroatoms. The number of sulfonamides is 1. The Labute approximate surface area is 125 Å². The second-order valence-electron chi connectivity index (χ2n) is 4.39. The van der Waals surface area contributed by atoms with Gasteiger partial charge in [0.2, 0.25) is 10.0 Å². The smallest absolute Gasteiger partial charge is 0.244 e. The number of nitrogens with one attached hydrogen (secondary N) is 2. The number of hydrogen-bond acceptors (Lipinski definition) is 4. The molecule has 0 saturated carbocycles. The molecule has 5 nitrogen and oxygen atoms in total. The van der Waals surface area contributed by atoms with E-state index in [-0.39, 0.29) is 4.90 Å². The second kappa shape index (κ2) is 6.71. The van der Waals surface area contributed by atoms with Crippen molar-refractivity contribution in [1.82, 2.24) is 10.0 Å². The molecule has 0 saturated heterocycles. The molecule has 0 heterocycles. The zero-order chi connectivity index (χ0) is 15.3. The molecule has 0 aliphatic carbocycles. The Morgan fingerprint density at radius 2 is 1.57 bits per heavy atom. The van der Waals surface area contributed by atoms with E-state index in [2.05, 4.69) is 10.0 Å². The Morgan fingerprint density at radius 3 is 2.24 bits per heavy atom. The van der Waals surface area contributed by atoms with Crippen LogP contribution in [0.4, 0.5) is 0 Å². The second-order valence-corrected chi connectivity index (χ2v) is 6.25. The van der Waals surface area contributed by atoms with Gasteiger partial charge in [-0.2, -0.15) is 0 Å². The first-order valence-electron chi connectivity index (χ1n) is 6.51. The monoisotopic (exact) mass is 306 g/mol. The lowest BCUT2D eigenvalue weighted by Crippen LogP contribution is -2.19. The molecule has 0 unspecified atom stereocenters. The summed E-state index contributed by atoms with van der Waals surface area (Å²) in [5, 5.41) is 3.06. The van der Waals surface area contributed by atoms with Crippen LogP contribution in [-0.4, -0.2) is 22.5 Å². The average Bonchev–Trinajstić information content (AvgIpc) is 2.50. The van der Waals surface area contributed by atoms with Crippen molar-refractivity contribution >= 4 is 10.0 Å². The van der Waals surface area contributed by atoms with Gasteiger partial charge in [0.15, 0.2) is 0 Å². The zero-order valence-corrected chi connectivity index (χ0v) is 12.8. The summed E-state index contributed by atoms with van der Waals surface area (Å²) in [6.07, 6.45) is 0. The fraction of sp³-hybridized carbons (Fsp3) is 0.200. The maximum absolute atomic E-state index is 12.0. The fourth-order valence-corrected chi connectivity index (χ4v) is 2.78. The normalized spacial score (nSPS) is 11.3. The van der Waals surface area contributed by atoms with Crippen molar-refractivity contribution in [1.29, 1.82) is 0 Å². The van der Waals surface area contributed by atoms with Gasteiger partial charge in [0.05, 0.1) is 0 Å². The predicted molar refractivity (Wildman–Crippen MR) is 82.0 cm³/mol. The van der Waals surface area contributed by atoms with Crippen LogP contribution in [-0.2, 0) is 16.6 Å². The minimum Gasteiger partial charge on any atom is -0.456 e. The number of para-hydroxylation sites is 2. The van der Waals surface area contributed by atoms with Crippen LogP contribution in [0.3, 0.4) is 0 Å². The minimum absolute atomic E-state index is 0.117. The van der Waals surface area contributed by atoms with E-state index in [1.807, 2.05) is 31.3 Å². The van der Waals surface area contributed by atoms with E-state index in [4.69, 9.17) is 4.74 Å². The van der Waals surface area contributed by atoms with Gasteiger partial charge in [-0.25, -0.2) is 13.1 Å². The molecule has 0 bridgehead atoms. The molecule has 2 aromatic rings. The van der Waals surface area contributed by atoms with Crippen LogP contribution in [0, 0.1) is 0 Å². The summed E-state index contributed by atoms with van der Waals surface area (Å²) < 4.78 is 32.2. The van der Waals surface area contributed by atoms with Crippen LogP contribution >= 0.6 is 0 Å². The molecule has 0 atom stereocenters. The van der Waals surface area contributed by atoms with E-state index in [1.165, 1.54) is 13.1 Å². The summed E-state index contributed by atoms with van der Waals surface area (Å²) >= 11 is 0. The lowest BCUT2D eigenvalue weighted by atomic mass is 10.2. The number of benzene rings is 2. The molecule has 21 heavy (non-hydrogen) atoms. The van der Waals surface area contributed by atoms with Gasteiger partial charge < -0.3 is 10.1 Å². The summed E-state index contributed by atoms with van der Waals surface area (Å²) in [6.45, 7) is 0.636. The Kier molecular flexibility index (Phi) is 4.95.